The summed E-state index contributed by atoms with van der Waals surface area (Å²) in [6, 6.07) is 10.3. The summed E-state index contributed by atoms with van der Waals surface area (Å²) >= 11 is 0. The molecule has 2 heterocycles. The molecule has 146 valence electrons. The lowest BCUT2D eigenvalue weighted by molar-refractivity contribution is -0.116. The van der Waals surface area contributed by atoms with Crippen LogP contribution >= 0.6 is 0 Å². The van der Waals surface area contributed by atoms with Crippen LogP contribution in [0.2, 0.25) is 0 Å². The Balaban J connectivity index is 1.29. The summed E-state index contributed by atoms with van der Waals surface area (Å²) in [5.41, 5.74) is 2.12. The van der Waals surface area contributed by atoms with E-state index in [2.05, 4.69) is 39.6 Å². The highest BCUT2D eigenvalue weighted by atomic mass is 16.5. The average molecular weight is 379 g/mol. The summed E-state index contributed by atoms with van der Waals surface area (Å²) in [5.74, 6) is 2.47. The number of amides is 1. The number of nitrogens with zero attached hydrogens (tertiary/aromatic N) is 4. The van der Waals surface area contributed by atoms with Gasteiger partial charge in [0.05, 0.1) is 6.04 Å². The zero-order chi connectivity index (χ0) is 19.5. The highest BCUT2D eigenvalue weighted by Gasteiger charge is 2.28. The molecule has 1 fully saturated rings. The van der Waals surface area contributed by atoms with E-state index in [4.69, 9.17) is 4.52 Å². The minimum atomic E-state index is -0.0531. The summed E-state index contributed by atoms with van der Waals surface area (Å²) in [7, 11) is 0. The zero-order valence-corrected chi connectivity index (χ0v) is 16.3. The van der Waals surface area contributed by atoms with Crippen molar-refractivity contribution in [1.82, 2.24) is 19.9 Å². The Morgan fingerprint density at radius 1 is 1.32 bits per heavy atom. The Hall–Kier alpha value is -2.96. The molecule has 1 saturated carbocycles. The van der Waals surface area contributed by atoms with Crippen molar-refractivity contribution in [3.63, 3.8) is 0 Å². The number of carbonyl (C=O) groups excluding carboxylic acids is 1. The van der Waals surface area contributed by atoms with Crippen LogP contribution in [0.1, 0.15) is 67.4 Å². The van der Waals surface area contributed by atoms with Gasteiger partial charge in [-0.15, -0.1) is 0 Å². The lowest BCUT2D eigenvalue weighted by Crippen LogP contribution is -2.14. The lowest BCUT2D eigenvalue weighted by atomic mass is 10.1. The van der Waals surface area contributed by atoms with Gasteiger partial charge >= 0.3 is 0 Å². The predicted octanol–water partition coefficient (Wildman–Crippen LogP) is 4.02. The van der Waals surface area contributed by atoms with Crippen molar-refractivity contribution in [2.75, 3.05) is 5.32 Å². The summed E-state index contributed by atoms with van der Waals surface area (Å²) < 4.78 is 7.14. The molecule has 1 aliphatic rings. The molecule has 0 saturated heterocycles. The van der Waals surface area contributed by atoms with E-state index in [0.29, 0.717) is 36.9 Å². The number of nitrogens with one attached hydrogen (secondary N) is 1. The molecular weight excluding hydrogens is 354 g/mol. The number of aromatic nitrogens is 4. The molecule has 0 bridgehead atoms. The first-order chi connectivity index (χ1) is 13.6. The largest absolute Gasteiger partial charge is 0.339 e. The second-order valence-electron chi connectivity index (χ2n) is 7.45. The quantitative estimate of drug-likeness (QED) is 0.639. The molecule has 7 heteroatoms. The molecule has 7 nitrogen and oxygen atoms in total. The first-order valence-corrected chi connectivity index (χ1v) is 9.83. The van der Waals surface area contributed by atoms with Gasteiger partial charge in [-0.2, -0.15) is 10.1 Å². The fraction of sp³-hybridized carbons (Fsp3) is 0.429. The third-order valence-electron chi connectivity index (χ3n) is 5.07. The van der Waals surface area contributed by atoms with Crippen LogP contribution in [0, 0.1) is 6.92 Å². The van der Waals surface area contributed by atoms with Gasteiger partial charge in [0.25, 0.3) is 0 Å². The first kappa shape index (κ1) is 18.4. The van der Waals surface area contributed by atoms with Crippen molar-refractivity contribution in [3.05, 3.63) is 59.4 Å². The van der Waals surface area contributed by atoms with Gasteiger partial charge in [-0.1, -0.05) is 35.5 Å². The molecule has 3 aromatic rings. The van der Waals surface area contributed by atoms with Gasteiger partial charge in [-0.25, -0.2) is 0 Å². The van der Waals surface area contributed by atoms with Crippen LogP contribution in [0.15, 0.2) is 41.1 Å². The van der Waals surface area contributed by atoms with Crippen molar-refractivity contribution in [2.24, 2.45) is 0 Å². The van der Waals surface area contributed by atoms with Gasteiger partial charge in [-0.3, -0.25) is 9.48 Å². The summed E-state index contributed by atoms with van der Waals surface area (Å²) in [6.45, 7) is 4.04. The van der Waals surface area contributed by atoms with Crippen LogP contribution < -0.4 is 5.32 Å². The van der Waals surface area contributed by atoms with E-state index in [-0.39, 0.29) is 11.9 Å². The minimum Gasteiger partial charge on any atom is -0.339 e. The number of rotatable bonds is 8. The van der Waals surface area contributed by atoms with Crippen LogP contribution in [0.25, 0.3) is 0 Å². The van der Waals surface area contributed by atoms with Gasteiger partial charge in [0.1, 0.15) is 0 Å². The highest BCUT2D eigenvalue weighted by molar-refractivity contribution is 5.90. The zero-order valence-electron chi connectivity index (χ0n) is 16.3. The van der Waals surface area contributed by atoms with Gasteiger partial charge in [0, 0.05) is 30.5 Å². The van der Waals surface area contributed by atoms with E-state index in [1.165, 1.54) is 5.56 Å². The van der Waals surface area contributed by atoms with E-state index in [1.54, 1.807) is 0 Å². The second kappa shape index (κ2) is 7.96. The number of hydrogen-bond acceptors (Lipinski definition) is 5. The molecule has 1 amide bonds. The van der Waals surface area contributed by atoms with Crippen molar-refractivity contribution in [2.45, 2.75) is 57.9 Å². The van der Waals surface area contributed by atoms with Crippen molar-refractivity contribution in [3.8, 4) is 0 Å². The number of carbonyl (C=O) groups is 1. The Morgan fingerprint density at radius 2 is 2.11 bits per heavy atom. The van der Waals surface area contributed by atoms with Gasteiger partial charge in [0.2, 0.25) is 11.8 Å². The normalized spacial score (nSPS) is 14.8. The third-order valence-corrected chi connectivity index (χ3v) is 5.07. The maximum absolute atomic E-state index is 12.3. The van der Waals surface area contributed by atoms with Gasteiger partial charge in [-0.05, 0) is 38.7 Å². The van der Waals surface area contributed by atoms with Gasteiger partial charge in [0.15, 0.2) is 11.6 Å². The molecule has 28 heavy (non-hydrogen) atoms. The first-order valence-electron chi connectivity index (χ1n) is 9.83. The molecule has 2 aromatic heterocycles. The number of anilines is 1. The van der Waals surface area contributed by atoms with Crippen LogP contribution in [0.4, 0.5) is 5.82 Å². The average Bonchev–Trinajstić information content (AvgIpc) is 3.34. The van der Waals surface area contributed by atoms with E-state index in [0.717, 1.165) is 24.2 Å². The number of benzene rings is 1. The summed E-state index contributed by atoms with van der Waals surface area (Å²) in [6.07, 6.45) is 5.93. The molecule has 0 unspecified atom stereocenters. The molecule has 1 aliphatic carbocycles. The molecule has 0 radical (unpaired) electrons. The fourth-order valence-electron chi connectivity index (χ4n) is 3.16. The molecular formula is C21H25N5O2. The van der Waals surface area contributed by atoms with E-state index in [1.807, 2.05) is 36.0 Å². The maximum atomic E-state index is 12.3. The third kappa shape index (κ3) is 4.30. The number of hydrogen-bond donors (Lipinski definition) is 1. The Bertz CT molecular complexity index is 943. The second-order valence-corrected chi connectivity index (χ2v) is 7.45. The Morgan fingerprint density at radius 3 is 2.86 bits per heavy atom. The van der Waals surface area contributed by atoms with Crippen LogP contribution in [0.5, 0.6) is 0 Å². The van der Waals surface area contributed by atoms with E-state index >= 15 is 0 Å². The highest BCUT2D eigenvalue weighted by Crippen LogP contribution is 2.38. The fourth-order valence-corrected chi connectivity index (χ4v) is 3.16. The topological polar surface area (TPSA) is 85.8 Å². The van der Waals surface area contributed by atoms with Crippen LogP contribution in [-0.2, 0) is 11.2 Å². The van der Waals surface area contributed by atoms with E-state index in [9.17, 15) is 4.79 Å². The molecule has 1 atom stereocenters. The monoisotopic (exact) mass is 379 g/mol. The smallest absolute Gasteiger partial charge is 0.226 e. The number of aryl methyl sites for hydroxylation is 2. The predicted molar refractivity (Wildman–Crippen MR) is 105 cm³/mol. The van der Waals surface area contributed by atoms with Gasteiger partial charge < -0.3 is 9.84 Å². The maximum Gasteiger partial charge on any atom is 0.226 e. The van der Waals surface area contributed by atoms with Crippen LogP contribution in [-0.4, -0.2) is 25.8 Å². The SMILES string of the molecule is Cc1cn([C@H](C)c2ccccc2)nc1NC(=O)CCCc1nc(C2CC2)no1. The van der Waals surface area contributed by atoms with E-state index < -0.39 is 0 Å². The summed E-state index contributed by atoms with van der Waals surface area (Å²) in [5, 5.41) is 11.5. The van der Waals surface area contributed by atoms with Crippen LogP contribution in [0.3, 0.4) is 0 Å². The lowest BCUT2D eigenvalue weighted by Gasteiger charge is -2.12. The molecule has 0 spiro atoms. The Kier molecular flexibility index (Phi) is 5.23. The molecule has 4 rings (SSSR count). The standard InChI is InChI=1S/C21H25N5O2/c1-14-13-26(15(2)16-7-4-3-5-8-16)24-20(14)22-18(27)9-6-10-19-23-21(25-28-19)17-11-12-17/h3-5,7-8,13,15,17H,6,9-12H2,1-2H3,(H,22,24,27)/t15-/m1/s1. The molecule has 1 aromatic carbocycles. The van der Waals surface area contributed by atoms with Crippen molar-refractivity contribution < 1.29 is 9.32 Å². The van der Waals surface area contributed by atoms with Crippen molar-refractivity contribution in [1.29, 1.82) is 0 Å². The summed E-state index contributed by atoms with van der Waals surface area (Å²) in [4.78, 5) is 16.7. The minimum absolute atomic E-state index is 0.0531. The van der Waals surface area contributed by atoms with Crippen molar-refractivity contribution >= 4 is 11.7 Å². The molecule has 0 aliphatic heterocycles. The molecule has 1 N–H and O–H groups in total. The Labute approximate surface area is 164 Å².